The van der Waals surface area contributed by atoms with Gasteiger partial charge in [-0.2, -0.15) is 0 Å². The van der Waals surface area contributed by atoms with E-state index in [0.29, 0.717) is 37.7 Å². The normalized spacial score (nSPS) is 21.4. The van der Waals surface area contributed by atoms with Crippen LogP contribution in [0.4, 0.5) is 10.6 Å². The Kier molecular flexibility index (Phi) is 6.44. The Morgan fingerprint density at radius 1 is 1.08 bits per heavy atom. The van der Waals surface area contributed by atoms with Crippen molar-refractivity contribution in [1.29, 1.82) is 0 Å². The highest BCUT2D eigenvalue weighted by Gasteiger charge is 2.57. The average molecular weight is 551 g/mol. The van der Waals surface area contributed by atoms with Crippen molar-refractivity contribution >= 4 is 40.5 Å². The van der Waals surface area contributed by atoms with Crippen molar-refractivity contribution in [3.63, 3.8) is 0 Å². The number of halogens is 1. The van der Waals surface area contributed by atoms with Gasteiger partial charge in [-0.1, -0.05) is 23.7 Å². The third kappa shape index (κ3) is 5.16. The minimum absolute atomic E-state index is 0.0442. The van der Waals surface area contributed by atoms with Crippen LogP contribution in [0.15, 0.2) is 42.9 Å². The molecule has 1 aromatic carbocycles. The molecule has 1 aliphatic carbocycles. The number of hydrogen-bond donors (Lipinski definition) is 1. The number of benzene rings is 1. The first-order valence-electron chi connectivity index (χ1n) is 13.7. The molecule has 3 aromatic rings. The number of fused-ring (bicyclic) bond motifs is 1. The van der Waals surface area contributed by atoms with Crippen molar-refractivity contribution in [2.45, 2.75) is 57.6 Å². The quantitative estimate of drug-likeness (QED) is 0.500. The maximum absolute atomic E-state index is 14.3. The Morgan fingerprint density at radius 3 is 2.46 bits per heavy atom. The molecule has 1 spiro atoms. The number of carbonyl (C=O) groups is 2. The summed E-state index contributed by atoms with van der Waals surface area (Å²) < 4.78 is 5.81. The van der Waals surface area contributed by atoms with E-state index in [1.165, 1.54) is 0 Å². The zero-order chi connectivity index (χ0) is 27.4. The largest absolute Gasteiger partial charge is 0.444 e. The van der Waals surface area contributed by atoms with E-state index in [9.17, 15) is 9.59 Å². The van der Waals surface area contributed by atoms with Crippen LogP contribution in [0.2, 0.25) is 5.02 Å². The highest BCUT2D eigenvalue weighted by molar-refractivity contribution is 6.30. The number of H-pyrrole nitrogens is 1. The molecule has 2 aromatic heterocycles. The van der Waals surface area contributed by atoms with Gasteiger partial charge in [0.05, 0.1) is 17.3 Å². The summed E-state index contributed by atoms with van der Waals surface area (Å²) in [6, 6.07) is 9.22. The highest BCUT2D eigenvalue weighted by Crippen LogP contribution is 2.57. The number of piperazine rings is 1. The SMILES string of the molecule is CC(C)(C)OC(=O)N1CC2(CC2)C[C@H]1[C@@H](C(=O)N1CCN(c2ncnc3[nH]ccc23)CC1)c1ccc(Cl)cc1. The van der Waals surface area contributed by atoms with Gasteiger partial charge in [0.15, 0.2) is 0 Å². The van der Waals surface area contributed by atoms with Crippen LogP contribution in [-0.2, 0) is 9.53 Å². The lowest BCUT2D eigenvalue weighted by Crippen LogP contribution is -2.53. The first-order chi connectivity index (χ1) is 18.6. The molecule has 206 valence electrons. The first-order valence-corrected chi connectivity index (χ1v) is 14.1. The summed E-state index contributed by atoms with van der Waals surface area (Å²) in [6.07, 6.45) is 6.06. The van der Waals surface area contributed by atoms with Crippen LogP contribution in [0.25, 0.3) is 11.0 Å². The summed E-state index contributed by atoms with van der Waals surface area (Å²) in [6.45, 7) is 8.75. The number of carbonyl (C=O) groups excluding carboxylic acids is 2. The second-order valence-electron chi connectivity index (χ2n) is 12.2. The third-order valence-corrected chi connectivity index (χ3v) is 8.49. The summed E-state index contributed by atoms with van der Waals surface area (Å²) in [5.41, 5.74) is 1.18. The molecular weight excluding hydrogens is 516 g/mol. The van der Waals surface area contributed by atoms with Gasteiger partial charge in [0.2, 0.25) is 5.91 Å². The number of aromatic nitrogens is 3. The molecule has 2 amide bonds. The van der Waals surface area contributed by atoms with Gasteiger partial charge in [-0.3, -0.25) is 4.79 Å². The lowest BCUT2D eigenvalue weighted by Gasteiger charge is -2.39. The molecular formula is C29H35ClN6O3. The van der Waals surface area contributed by atoms with Gasteiger partial charge in [0, 0.05) is 43.9 Å². The molecule has 39 heavy (non-hydrogen) atoms. The number of anilines is 1. The molecule has 0 bridgehead atoms. The lowest BCUT2D eigenvalue weighted by atomic mass is 9.86. The smallest absolute Gasteiger partial charge is 0.410 e. The second-order valence-corrected chi connectivity index (χ2v) is 12.6. The number of rotatable bonds is 4. The predicted octanol–water partition coefficient (Wildman–Crippen LogP) is 4.83. The van der Waals surface area contributed by atoms with Gasteiger partial charge < -0.3 is 24.4 Å². The molecule has 6 rings (SSSR count). The monoisotopic (exact) mass is 550 g/mol. The van der Waals surface area contributed by atoms with Crippen molar-refractivity contribution in [2.75, 3.05) is 37.6 Å². The van der Waals surface area contributed by atoms with Gasteiger partial charge in [-0.15, -0.1) is 0 Å². The lowest BCUT2D eigenvalue weighted by molar-refractivity contribution is -0.134. The number of likely N-dealkylation sites (tertiary alicyclic amines) is 1. The van der Waals surface area contributed by atoms with E-state index in [0.717, 1.165) is 41.7 Å². The standard InChI is InChI=1S/C29H35ClN6O3/c1-28(2,3)39-27(38)36-17-29(9-10-29)16-22(36)23(19-4-6-20(30)7-5-19)26(37)35-14-12-34(13-15-35)25-21-8-11-31-24(21)32-18-33-25/h4-8,11,18,22-23H,9-10,12-17H2,1-3H3,(H,31,32,33)/t22-,23-/m0/s1. The molecule has 3 fully saturated rings. The molecule has 2 saturated heterocycles. The third-order valence-electron chi connectivity index (χ3n) is 8.24. The number of nitrogens with one attached hydrogen (secondary N) is 1. The van der Waals surface area contributed by atoms with E-state index < -0.39 is 11.5 Å². The molecule has 2 aliphatic heterocycles. The van der Waals surface area contributed by atoms with Crippen molar-refractivity contribution in [3.8, 4) is 0 Å². The van der Waals surface area contributed by atoms with E-state index in [1.54, 1.807) is 6.33 Å². The fourth-order valence-corrected chi connectivity index (χ4v) is 6.23. The second kappa shape index (κ2) is 9.70. The molecule has 1 N–H and O–H groups in total. The van der Waals surface area contributed by atoms with Gasteiger partial charge in [-0.25, -0.2) is 14.8 Å². The fourth-order valence-electron chi connectivity index (χ4n) is 6.10. The zero-order valence-corrected chi connectivity index (χ0v) is 23.4. The Labute approximate surface area is 233 Å². The van der Waals surface area contributed by atoms with E-state index in [1.807, 2.05) is 67.1 Å². The molecule has 0 radical (unpaired) electrons. The number of hydrogen-bond acceptors (Lipinski definition) is 6. The van der Waals surface area contributed by atoms with Crippen molar-refractivity contribution in [2.24, 2.45) is 5.41 Å². The average Bonchev–Trinajstić information content (AvgIpc) is 3.30. The predicted molar refractivity (Wildman–Crippen MR) is 150 cm³/mol. The van der Waals surface area contributed by atoms with Gasteiger partial charge in [0.25, 0.3) is 0 Å². The van der Waals surface area contributed by atoms with Gasteiger partial charge in [0.1, 0.15) is 23.4 Å². The first kappa shape index (κ1) is 25.9. The molecule has 0 unspecified atom stereocenters. The molecule has 10 heteroatoms. The van der Waals surface area contributed by atoms with Crippen LogP contribution >= 0.6 is 11.6 Å². The Balaban J connectivity index is 1.26. The van der Waals surface area contributed by atoms with Crippen LogP contribution in [0.3, 0.4) is 0 Å². The van der Waals surface area contributed by atoms with Crippen LogP contribution in [0.1, 0.15) is 51.5 Å². The maximum Gasteiger partial charge on any atom is 0.410 e. The summed E-state index contributed by atoms with van der Waals surface area (Å²) in [5.74, 6) is 0.435. The van der Waals surface area contributed by atoms with Crippen LogP contribution < -0.4 is 4.90 Å². The van der Waals surface area contributed by atoms with Gasteiger partial charge >= 0.3 is 6.09 Å². The summed E-state index contributed by atoms with van der Waals surface area (Å²) in [5, 5.41) is 1.60. The summed E-state index contributed by atoms with van der Waals surface area (Å²) >= 11 is 6.22. The fraction of sp³-hybridized carbons (Fsp3) is 0.517. The summed E-state index contributed by atoms with van der Waals surface area (Å²) in [7, 11) is 0. The topological polar surface area (TPSA) is 94.7 Å². The molecule has 3 aliphatic rings. The molecule has 1 saturated carbocycles. The Bertz CT molecular complexity index is 1370. The summed E-state index contributed by atoms with van der Waals surface area (Å²) in [4.78, 5) is 45.7. The van der Waals surface area contributed by atoms with Crippen molar-refractivity contribution in [3.05, 3.63) is 53.4 Å². The molecule has 4 heterocycles. The maximum atomic E-state index is 14.3. The number of amides is 2. The van der Waals surface area contributed by atoms with Crippen LogP contribution in [0.5, 0.6) is 0 Å². The van der Waals surface area contributed by atoms with E-state index in [4.69, 9.17) is 16.3 Å². The van der Waals surface area contributed by atoms with Crippen LogP contribution in [-0.4, -0.2) is 81.1 Å². The highest BCUT2D eigenvalue weighted by atomic mass is 35.5. The minimum atomic E-state index is -0.608. The van der Waals surface area contributed by atoms with Crippen LogP contribution in [0, 0.1) is 5.41 Å². The zero-order valence-electron chi connectivity index (χ0n) is 22.7. The van der Waals surface area contributed by atoms with Gasteiger partial charge in [-0.05, 0) is 69.2 Å². The van der Waals surface area contributed by atoms with E-state index in [-0.39, 0.29) is 23.5 Å². The Hall–Kier alpha value is -3.33. The number of nitrogens with zero attached hydrogens (tertiary/aromatic N) is 5. The van der Waals surface area contributed by atoms with E-state index in [2.05, 4.69) is 19.9 Å². The molecule has 2 atom stereocenters. The van der Waals surface area contributed by atoms with Crippen molar-refractivity contribution < 1.29 is 14.3 Å². The Morgan fingerprint density at radius 2 is 1.79 bits per heavy atom. The molecule has 9 nitrogen and oxygen atoms in total. The number of aromatic amines is 1. The van der Waals surface area contributed by atoms with E-state index >= 15 is 0 Å². The van der Waals surface area contributed by atoms with Crippen molar-refractivity contribution in [1.82, 2.24) is 24.8 Å². The minimum Gasteiger partial charge on any atom is -0.444 e. The number of ether oxygens (including phenoxy) is 1.